The molecule has 6 aromatic rings. The molecule has 0 saturated heterocycles. The van der Waals surface area contributed by atoms with E-state index in [4.69, 9.17) is 19.6 Å². The van der Waals surface area contributed by atoms with E-state index in [9.17, 15) is 85.9 Å². The summed E-state index contributed by atoms with van der Waals surface area (Å²) in [6.07, 6.45) is 0. The van der Waals surface area contributed by atoms with Crippen molar-refractivity contribution < 1.29 is 105 Å². The van der Waals surface area contributed by atoms with Crippen LogP contribution in [0.25, 0.3) is 0 Å². The molecule has 6 rings (SSSR count). The fourth-order valence-corrected chi connectivity index (χ4v) is 5.57. The Morgan fingerprint density at radius 2 is 0.717 bits per heavy atom. The highest BCUT2D eigenvalue weighted by Crippen LogP contribution is 2.44. The van der Waals surface area contributed by atoms with Crippen molar-refractivity contribution in [2.45, 2.75) is 0 Å². The van der Waals surface area contributed by atoms with Gasteiger partial charge in [0.2, 0.25) is 28.8 Å². The first-order valence-electron chi connectivity index (χ1n) is 16.3. The number of hydrogen-bond acceptors (Lipinski definition) is 21. The van der Waals surface area contributed by atoms with Gasteiger partial charge in [0, 0.05) is 66.7 Å². The highest BCUT2D eigenvalue weighted by molar-refractivity contribution is 6.16. The quantitative estimate of drug-likeness (QED) is 0.0272. The zero-order valence-corrected chi connectivity index (χ0v) is 29.5. The molecule has 60 heavy (non-hydrogen) atoms. The minimum Gasteiger partial charge on any atom is -0.508 e. The second-order valence-electron chi connectivity index (χ2n) is 12.4. The summed E-state index contributed by atoms with van der Waals surface area (Å²) in [5.74, 6) is -19.5. The molecule has 0 heterocycles. The van der Waals surface area contributed by atoms with Gasteiger partial charge in [-0.05, 0) is 6.07 Å². The van der Waals surface area contributed by atoms with Gasteiger partial charge in [-0.3, -0.25) is 33.9 Å². The number of hydrogen-bond donors (Lipinski definition) is 14. The van der Waals surface area contributed by atoms with Crippen LogP contribution in [0, 0.1) is 0 Å². The zero-order chi connectivity index (χ0) is 43.9. The molecule has 0 fully saturated rings. The molecule has 0 saturated carbocycles. The van der Waals surface area contributed by atoms with Gasteiger partial charge in [0.15, 0.2) is 34.5 Å². The molecule has 0 aliphatic carbocycles. The summed E-state index contributed by atoms with van der Waals surface area (Å²) in [7, 11) is 0. The van der Waals surface area contributed by atoms with Crippen LogP contribution >= 0.6 is 0 Å². The first kappa shape index (κ1) is 40.4. The van der Waals surface area contributed by atoms with Gasteiger partial charge in [0.25, 0.3) is 0 Å². The molecule has 0 unspecified atom stereocenters. The van der Waals surface area contributed by atoms with Gasteiger partial charge in [-0.25, -0.2) is 0 Å². The average Bonchev–Trinajstić information content (AvgIpc) is 3.14. The fraction of sp³-hybridized carbons (Fsp3) is 0. The number of phenolic OH excluding ortho intramolecular Hbond substituents is 14. The fourth-order valence-electron chi connectivity index (χ4n) is 5.57. The molecule has 0 atom stereocenters. The summed E-state index contributed by atoms with van der Waals surface area (Å²) in [6, 6.07) is 8.00. The summed E-state index contributed by atoms with van der Waals surface area (Å²) in [4.78, 5) is 61.1. The maximum Gasteiger partial charge on any atom is 0.231 e. The third-order valence-corrected chi connectivity index (χ3v) is 8.30. The van der Waals surface area contributed by atoms with Crippen LogP contribution in [0.4, 0.5) is 0 Å². The molecule has 0 amide bonds. The van der Waals surface area contributed by atoms with E-state index in [0.29, 0.717) is 66.7 Å². The average molecular weight is 831 g/mol. The minimum atomic E-state index is -1.40. The highest BCUT2D eigenvalue weighted by Gasteiger charge is 2.30. The van der Waals surface area contributed by atoms with Crippen molar-refractivity contribution in [2.75, 3.05) is 0 Å². The number of carbonyl (C=O) groups excluding carboxylic acids is 3. The van der Waals surface area contributed by atoms with Crippen LogP contribution in [-0.2, 0) is 0 Å². The number of benzene rings is 6. The van der Waals surface area contributed by atoms with Crippen molar-refractivity contribution >= 4 is 17.3 Å². The van der Waals surface area contributed by atoms with E-state index in [-0.39, 0.29) is 0 Å². The molecule has 21 nitrogen and oxygen atoms in total. The van der Waals surface area contributed by atoms with E-state index in [0.717, 1.165) is 6.07 Å². The molecule has 0 radical (unpaired) electrons. The van der Waals surface area contributed by atoms with Gasteiger partial charge >= 0.3 is 0 Å². The Labute approximate surface area is 332 Å². The largest absolute Gasteiger partial charge is 0.508 e. The van der Waals surface area contributed by atoms with Crippen LogP contribution < -0.4 is 19.6 Å². The minimum absolute atomic E-state index is 0.567. The lowest BCUT2D eigenvalue weighted by molar-refractivity contribution is -0.106. The molecule has 21 heteroatoms. The third kappa shape index (κ3) is 7.62. The van der Waals surface area contributed by atoms with Gasteiger partial charge in [0.05, 0.1) is 16.7 Å². The maximum absolute atomic E-state index is 13.9. The number of phenols is 14. The van der Waals surface area contributed by atoms with Gasteiger partial charge in [-0.15, -0.1) is 0 Å². The topological polar surface area (TPSA) is 371 Å². The van der Waals surface area contributed by atoms with E-state index in [1.165, 1.54) is 0 Å². The van der Waals surface area contributed by atoms with E-state index in [1.807, 2.05) is 0 Å². The molecular weight excluding hydrogens is 804 g/mol. The Morgan fingerprint density at radius 1 is 0.300 bits per heavy atom. The summed E-state index contributed by atoms with van der Waals surface area (Å²) in [5, 5.41) is 143. The molecule has 6 aromatic carbocycles. The molecule has 0 aliphatic rings. The lowest BCUT2D eigenvalue weighted by Crippen LogP contribution is -2.12. The molecular formula is C39H26O21. The Morgan fingerprint density at radius 3 is 1.27 bits per heavy atom. The van der Waals surface area contributed by atoms with E-state index < -0.39 is 154 Å². The van der Waals surface area contributed by atoms with Gasteiger partial charge < -0.3 is 71.5 Å². The predicted molar refractivity (Wildman–Crippen MR) is 195 cm³/mol. The summed E-state index contributed by atoms with van der Waals surface area (Å²) >= 11 is 0. The van der Waals surface area contributed by atoms with Crippen LogP contribution in [0.15, 0.2) is 72.8 Å². The van der Waals surface area contributed by atoms with Crippen molar-refractivity contribution in [1.29, 1.82) is 0 Å². The number of ketones is 3. The molecule has 0 aliphatic heterocycles. The monoisotopic (exact) mass is 830 g/mol. The maximum atomic E-state index is 13.9. The Bertz CT molecular complexity index is 2730. The number of carbonyl (C=O) groups is 3. The molecule has 0 aromatic heterocycles. The lowest BCUT2D eigenvalue weighted by atomic mass is 9.99. The predicted octanol–water partition coefficient (Wildman–Crippen LogP) is 4.00. The molecule has 0 spiro atoms. The van der Waals surface area contributed by atoms with Crippen LogP contribution in [0.3, 0.4) is 0 Å². The first-order valence-corrected chi connectivity index (χ1v) is 16.3. The van der Waals surface area contributed by atoms with Crippen LogP contribution in [-0.4, -0.2) is 88.8 Å². The first-order chi connectivity index (χ1) is 28.2. The van der Waals surface area contributed by atoms with Crippen LogP contribution in [0.1, 0.15) is 47.8 Å². The van der Waals surface area contributed by atoms with Crippen molar-refractivity contribution in [2.24, 2.45) is 0 Å². The lowest BCUT2D eigenvalue weighted by Gasteiger charge is -2.16. The van der Waals surface area contributed by atoms with Crippen molar-refractivity contribution in [3.63, 3.8) is 0 Å². The Kier molecular flexibility index (Phi) is 10.3. The van der Waals surface area contributed by atoms with Crippen molar-refractivity contribution in [3.05, 3.63) is 106 Å². The Hall–Kier alpha value is -9.27. The van der Waals surface area contributed by atoms with E-state index >= 15 is 0 Å². The SMILES string of the molecule is O=C(c1cc(OOc2c(O)cc(OOc3cc(O)cc(O)c3C(=O)c3cc(O)c(O)cc3O)cc2C(=O)c2c(O)cc(O)cc2O)c(O)cc1O)c1c(O)cc(O)cc1O. The summed E-state index contributed by atoms with van der Waals surface area (Å²) in [6.45, 7) is 0. The number of aromatic hydroxyl groups is 14. The third-order valence-electron chi connectivity index (χ3n) is 8.30. The van der Waals surface area contributed by atoms with Gasteiger partial charge in [-0.2, -0.15) is 0 Å². The smallest absolute Gasteiger partial charge is 0.231 e. The second-order valence-corrected chi connectivity index (χ2v) is 12.4. The second kappa shape index (κ2) is 15.3. The van der Waals surface area contributed by atoms with Crippen LogP contribution in [0.2, 0.25) is 0 Å². The summed E-state index contributed by atoms with van der Waals surface area (Å²) in [5.41, 5.74) is -4.80. The molecule has 14 N–H and O–H groups in total. The normalized spacial score (nSPS) is 10.8. The number of rotatable bonds is 12. The van der Waals surface area contributed by atoms with Crippen molar-refractivity contribution in [3.8, 4) is 103 Å². The van der Waals surface area contributed by atoms with E-state index in [2.05, 4.69) is 0 Å². The van der Waals surface area contributed by atoms with Gasteiger partial charge in [-0.1, -0.05) is 0 Å². The van der Waals surface area contributed by atoms with E-state index in [1.54, 1.807) is 0 Å². The van der Waals surface area contributed by atoms with Crippen molar-refractivity contribution in [1.82, 2.24) is 0 Å². The molecule has 308 valence electrons. The zero-order valence-electron chi connectivity index (χ0n) is 29.5. The Balaban J connectivity index is 1.39. The molecule has 0 bridgehead atoms. The van der Waals surface area contributed by atoms with Crippen LogP contribution in [0.5, 0.6) is 103 Å². The summed E-state index contributed by atoms with van der Waals surface area (Å²) < 4.78 is 0. The highest BCUT2D eigenvalue weighted by atomic mass is 17.2. The standard InChI is InChI=1S/C39H26O21/c40-13-1-25(48)33(26(49)2-13)36(54)18-10-31(24(47)12-21(18)44)58-60-39-19(38(56)34-27(50)3-14(41)4-28(34)51)7-16(8-30(39)53)57-59-32-6-15(42)5-29(52)35(32)37(55)17-9-22(45)23(46)11-20(17)43/h1-12,40-53H. The van der Waals surface area contributed by atoms with Gasteiger partial charge in [0.1, 0.15) is 74.2 Å².